The number of para-hydroxylation sites is 1. The van der Waals surface area contributed by atoms with Crippen LogP contribution in [0.15, 0.2) is 54.6 Å². The second-order valence-corrected chi connectivity index (χ2v) is 7.80. The number of ether oxygens (including phenoxy) is 1. The van der Waals surface area contributed by atoms with Crippen molar-refractivity contribution < 1.29 is 14.4 Å². The van der Waals surface area contributed by atoms with Gasteiger partial charge < -0.3 is 15.0 Å². The molecule has 0 aliphatic carbocycles. The van der Waals surface area contributed by atoms with Crippen LogP contribution in [0.3, 0.4) is 0 Å². The van der Waals surface area contributed by atoms with Gasteiger partial charge in [0.1, 0.15) is 18.9 Å². The minimum atomic E-state index is -0.00189. The standard InChI is InChI=1S/C23H27ClN4O2/c1-17-22(18(2)28(26-17)20-7-5-4-6-8-20)15-27(3)16-23(29)25-13-14-30-21-11-9-19(24)10-12-21/h4-12H,13-16H2,1-3H3,(H,25,29)/p+1. The minimum Gasteiger partial charge on any atom is -0.492 e. The molecular formula is C23H28ClN4O2+. The molecule has 1 atom stereocenters. The number of rotatable bonds is 9. The SMILES string of the molecule is Cc1nn(-c2ccccc2)c(C)c1C[NH+](C)CC(=O)NCCOc1ccc(Cl)cc1. The Morgan fingerprint density at radius 2 is 1.83 bits per heavy atom. The van der Waals surface area contributed by atoms with Gasteiger partial charge in [-0.1, -0.05) is 29.8 Å². The van der Waals surface area contributed by atoms with Gasteiger partial charge in [0.2, 0.25) is 0 Å². The topological polar surface area (TPSA) is 60.6 Å². The Labute approximate surface area is 182 Å². The van der Waals surface area contributed by atoms with E-state index in [1.807, 2.05) is 61.1 Å². The predicted octanol–water partition coefficient (Wildman–Crippen LogP) is 2.35. The number of hydrogen-bond acceptors (Lipinski definition) is 3. The van der Waals surface area contributed by atoms with E-state index in [0.29, 0.717) is 24.7 Å². The fraction of sp³-hybridized carbons (Fsp3) is 0.304. The van der Waals surface area contributed by atoms with Crippen molar-refractivity contribution in [1.82, 2.24) is 15.1 Å². The summed E-state index contributed by atoms with van der Waals surface area (Å²) in [6, 6.07) is 17.2. The fourth-order valence-electron chi connectivity index (χ4n) is 3.34. The number of benzene rings is 2. The third kappa shape index (κ3) is 5.84. The van der Waals surface area contributed by atoms with Crippen molar-refractivity contribution in [3.8, 4) is 11.4 Å². The van der Waals surface area contributed by atoms with Gasteiger partial charge >= 0.3 is 0 Å². The van der Waals surface area contributed by atoms with E-state index in [1.165, 1.54) is 5.56 Å². The Morgan fingerprint density at radius 1 is 1.13 bits per heavy atom. The highest BCUT2D eigenvalue weighted by atomic mass is 35.5. The fourth-order valence-corrected chi connectivity index (χ4v) is 3.47. The summed E-state index contributed by atoms with van der Waals surface area (Å²) in [5.41, 5.74) is 4.32. The molecule has 7 heteroatoms. The molecule has 3 aromatic rings. The number of hydrogen-bond donors (Lipinski definition) is 2. The van der Waals surface area contributed by atoms with Gasteiger partial charge in [0.05, 0.1) is 36.2 Å². The lowest BCUT2D eigenvalue weighted by Crippen LogP contribution is -3.09. The van der Waals surface area contributed by atoms with Gasteiger partial charge in [-0.05, 0) is 50.2 Å². The maximum atomic E-state index is 12.3. The lowest BCUT2D eigenvalue weighted by Gasteiger charge is -2.14. The van der Waals surface area contributed by atoms with Crippen LogP contribution in [0.1, 0.15) is 17.0 Å². The molecule has 2 aromatic carbocycles. The molecule has 1 amide bonds. The first-order chi connectivity index (χ1) is 14.4. The molecule has 0 bridgehead atoms. The van der Waals surface area contributed by atoms with E-state index in [4.69, 9.17) is 16.3 Å². The summed E-state index contributed by atoms with van der Waals surface area (Å²) in [5, 5.41) is 8.26. The average molecular weight is 428 g/mol. The summed E-state index contributed by atoms with van der Waals surface area (Å²) in [5.74, 6) is 0.732. The number of carbonyl (C=O) groups is 1. The number of carbonyl (C=O) groups excluding carboxylic acids is 1. The van der Waals surface area contributed by atoms with Crippen LogP contribution in [-0.4, -0.2) is 42.4 Å². The van der Waals surface area contributed by atoms with Crippen molar-refractivity contribution >= 4 is 17.5 Å². The Hall–Kier alpha value is -2.83. The molecule has 0 aliphatic rings. The highest BCUT2D eigenvalue weighted by molar-refractivity contribution is 6.30. The second kappa shape index (κ2) is 10.3. The van der Waals surface area contributed by atoms with Gasteiger partial charge in [-0.2, -0.15) is 5.10 Å². The van der Waals surface area contributed by atoms with Crippen LogP contribution in [0.4, 0.5) is 0 Å². The summed E-state index contributed by atoms with van der Waals surface area (Å²) in [4.78, 5) is 13.4. The van der Waals surface area contributed by atoms with Gasteiger partial charge in [0.25, 0.3) is 5.91 Å². The van der Waals surface area contributed by atoms with Gasteiger partial charge in [-0.3, -0.25) is 4.79 Å². The molecular weight excluding hydrogens is 400 g/mol. The van der Waals surface area contributed by atoms with Crippen LogP contribution in [0.5, 0.6) is 5.75 Å². The number of nitrogens with zero attached hydrogens (tertiary/aromatic N) is 2. The number of aromatic nitrogens is 2. The molecule has 6 nitrogen and oxygen atoms in total. The number of aryl methyl sites for hydroxylation is 1. The summed E-state index contributed by atoms with van der Waals surface area (Å²) in [6.45, 7) is 6.08. The maximum absolute atomic E-state index is 12.3. The Bertz CT molecular complexity index is 971. The van der Waals surface area contributed by atoms with Crippen molar-refractivity contribution in [2.75, 3.05) is 26.7 Å². The van der Waals surface area contributed by atoms with Crippen LogP contribution < -0.4 is 15.0 Å². The molecule has 158 valence electrons. The van der Waals surface area contributed by atoms with E-state index in [1.54, 1.807) is 12.1 Å². The molecule has 0 fully saturated rings. The van der Waals surface area contributed by atoms with Crippen LogP contribution in [0, 0.1) is 13.8 Å². The summed E-state index contributed by atoms with van der Waals surface area (Å²) >= 11 is 5.85. The number of halogens is 1. The first kappa shape index (κ1) is 21.9. The average Bonchev–Trinajstić information content (AvgIpc) is 3.01. The summed E-state index contributed by atoms with van der Waals surface area (Å²) in [7, 11) is 2.02. The monoisotopic (exact) mass is 427 g/mol. The molecule has 1 heterocycles. The van der Waals surface area contributed by atoms with Crippen molar-refractivity contribution in [3.63, 3.8) is 0 Å². The minimum absolute atomic E-state index is 0.00189. The highest BCUT2D eigenvalue weighted by Gasteiger charge is 2.18. The van der Waals surface area contributed by atoms with Gasteiger partial charge in [0.15, 0.2) is 6.54 Å². The Kier molecular flexibility index (Phi) is 7.49. The zero-order chi connectivity index (χ0) is 21.5. The third-order valence-corrected chi connectivity index (χ3v) is 5.14. The molecule has 0 saturated heterocycles. The number of quaternary nitrogens is 1. The number of likely N-dealkylation sites (N-methyl/N-ethyl adjacent to an activating group) is 1. The third-order valence-electron chi connectivity index (χ3n) is 4.89. The lowest BCUT2D eigenvalue weighted by atomic mass is 10.2. The van der Waals surface area contributed by atoms with Crippen molar-refractivity contribution in [2.24, 2.45) is 0 Å². The maximum Gasteiger partial charge on any atom is 0.275 e. The quantitative estimate of drug-likeness (QED) is 0.515. The lowest BCUT2D eigenvalue weighted by molar-refractivity contribution is -0.885. The molecule has 30 heavy (non-hydrogen) atoms. The molecule has 0 saturated carbocycles. The van der Waals surface area contributed by atoms with E-state index in [0.717, 1.165) is 34.3 Å². The number of nitrogens with one attached hydrogen (secondary N) is 2. The van der Waals surface area contributed by atoms with Gasteiger partial charge in [-0.25, -0.2) is 4.68 Å². The molecule has 3 rings (SSSR count). The smallest absolute Gasteiger partial charge is 0.275 e. The van der Waals surface area contributed by atoms with Gasteiger partial charge in [-0.15, -0.1) is 0 Å². The van der Waals surface area contributed by atoms with Crippen LogP contribution in [0.2, 0.25) is 5.02 Å². The Balaban J connectivity index is 1.47. The van der Waals surface area contributed by atoms with Crippen LogP contribution in [0.25, 0.3) is 5.69 Å². The molecule has 2 N–H and O–H groups in total. The zero-order valence-electron chi connectivity index (χ0n) is 17.6. The second-order valence-electron chi connectivity index (χ2n) is 7.36. The number of amides is 1. The van der Waals surface area contributed by atoms with Crippen LogP contribution in [-0.2, 0) is 11.3 Å². The highest BCUT2D eigenvalue weighted by Crippen LogP contribution is 2.17. The van der Waals surface area contributed by atoms with Gasteiger partial charge in [0, 0.05) is 5.02 Å². The Morgan fingerprint density at radius 3 is 2.53 bits per heavy atom. The predicted molar refractivity (Wildman–Crippen MR) is 118 cm³/mol. The van der Waals surface area contributed by atoms with E-state index in [9.17, 15) is 4.79 Å². The van der Waals surface area contributed by atoms with Crippen molar-refractivity contribution in [3.05, 3.63) is 76.6 Å². The van der Waals surface area contributed by atoms with Crippen molar-refractivity contribution in [2.45, 2.75) is 20.4 Å². The molecule has 0 spiro atoms. The summed E-state index contributed by atoms with van der Waals surface area (Å²) in [6.07, 6.45) is 0. The van der Waals surface area contributed by atoms with E-state index in [2.05, 4.69) is 17.3 Å². The van der Waals surface area contributed by atoms with Crippen LogP contribution >= 0.6 is 11.6 Å². The molecule has 0 radical (unpaired) electrons. The zero-order valence-corrected chi connectivity index (χ0v) is 18.4. The summed E-state index contributed by atoms with van der Waals surface area (Å²) < 4.78 is 7.56. The van der Waals surface area contributed by atoms with E-state index >= 15 is 0 Å². The normalized spacial score (nSPS) is 11.9. The largest absolute Gasteiger partial charge is 0.492 e. The molecule has 1 unspecified atom stereocenters. The van der Waals surface area contributed by atoms with E-state index in [-0.39, 0.29) is 5.91 Å². The first-order valence-corrected chi connectivity index (χ1v) is 10.4. The van der Waals surface area contributed by atoms with Crippen molar-refractivity contribution in [1.29, 1.82) is 0 Å². The molecule has 0 aliphatic heterocycles. The molecule has 1 aromatic heterocycles. The first-order valence-electron chi connectivity index (χ1n) is 10.0. The van der Waals surface area contributed by atoms with E-state index < -0.39 is 0 Å².